The molecule has 0 unspecified atom stereocenters. The lowest BCUT2D eigenvalue weighted by molar-refractivity contribution is -0.119. The van der Waals surface area contributed by atoms with Crippen molar-refractivity contribution in [3.05, 3.63) is 54.0 Å². The smallest absolute Gasteiger partial charge is 0.374 e. The number of hydrogen-bond acceptors (Lipinski definition) is 5. The summed E-state index contributed by atoms with van der Waals surface area (Å²) in [7, 11) is 0. The van der Waals surface area contributed by atoms with Gasteiger partial charge in [0.15, 0.2) is 6.61 Å². The fourth-order valence-electron chi connectivity index (χ4n) is 1.56. The van der Waals surface area contributed by atoms with Gasteiger partial charge in [-0.2, -0.15) is 0 Å². The van der Waals surface area contributed by atoms with Gasteiger partial charge >= 0.3 is 11.9 Å². The number of carbonyl (C=O) groups excluding carboxylic acids is 2. The highest BCUT2D eigenvalue weighted by Gasteiger charge is 2.15. The van der Waals surface area contributed by atoms with Crippen molar-refractivity contribution in [2.75, 3.05) is 11.9 Å². The van der Waals surface area contributed by atoms with Gasteiger partial charge in [-0.3, -0.25) is 4.79 Å². The highest BCUT2D eigenvalue weighted by Crippen LogP contribution is 2.14. The molecule has 0 radical (unpaired) electrons. The van der Waals surface area contributed by atoms with E-state index in [0.717, 1.165) is 0 Å². The Balaban J connectivity index is 1.93. The number of carbonyl (C=O) groups is 3. The van der Waals surface area contributed by atoms with Crippen molar-refractivity contribution in [2.24, 2.45) is 0 Å². The molecule has 7 heteroatoms. The number of rotatable bonds is 5. The predicted octanol–water partition coefficient (Wildman–Crippen LogP) is 1.77. The zero-order chi connectivity index (χ0) is 15.2. The summed E-state index contributed by atoms with van der Waals surface area (Å²) >= 11 is 0. The third-order valence-corrected chi connectivity index (χ3v) is 2.49. The highest BCUT2D eigenvalue weighted by atomic mass is 16.5. The van der Waals surface area contributed by atoms with E-state index in [2.05, 4.69) is 5.32 Å². The maximum atomic E-state index is 11.6. The summed E-state index contributed by atoms with van der Waals surface area (Å²) in [5.41, 5.74) is 0.0762. The molecule has 21 heavy (non-hydrogen) atoms. The Kier molecular flexibility index (Phi) is 4.35. The summed E-state index contributed by atoms with van der Waals surface area (Å²) in [5, 5.41) is 11.3. The van der Waals surface area contributed by atoms with E-state index < -0.39 is 24.5 Å². The van der Waals surface area contributed by atoms with Crippen LogP contribution in [0.5, 0.6) is 0 Å². The Hall–Kier alpha value is -3.09. The van der Waals surface area contributed by atoms with Gasteiger partial charge in [0.05, 0.1) is 17.5 Å². The third-order valence-electron chi connectivity index (χ3n) is 2.49. The van der Waals surface area contributed by atoms with E-state index in [1.54, 1.807) is 6.07 Å². The summed E-state index contributed by atoms with van der Waals surface area (Å²) in [5.74, 6) is -2.61. The van der Waals surface area contributed by atoms with E-state index in [1.807, 2.05) is 0 Å². The number of benzene rings is 1. The van der Waals surface area contributed by atoms with Crippen LogP contribution in [0, 0.1) is 0 Å². The first kappa shape index (κ1) is 14.3. The first-order valence-corrected chi connectivity index (χ1v) is 5.90. The van der Waals surface area contributed by atoms with Gasteiger partial charge < -0.3 is 19.6 Å². The van der Waals surface area contributed by atoms with E-state index in [9.17, 15) is 14.4 Å². The molecular weight excluding hydrogens is 278 g/mol. The largest absolute Gasteiger partial charge is 0.478 e. The molecular formula is C14H11NO6. The number of anilines is 1. The van der Waals surface area contributed by atoms with Crippen LogP contribution in [0.4, 0.5) is 5.69 Å². The van der Waals surface area contributed by atoms with Crippen molar-refractivity contribution in [2.45, 2.75) is 0 Å². The number of carboxylic acids is 1. The molecule has 0 fully saturated rings. The van der Waals surface area contributed by atoms with Gasteiger partial charge in [0.1, 0.15) is 0 Å². The van der Waals surface area contributed by atoms with Crippen LogP contribution in [0.3, 0.4) is 0 Å². The number of nitrogens with one attached hydrogen (secondary N) is 1. The number of hydrogen-bond donors (Lipinski definition) is 2. The molecule has 1 heterocycles. The minimum atomic E-state index is -1.17. The Labute approximate surface area is 119 Å². The molecule has 0 saturated heterocycles. The van der Waals surface area contributed by atoms with Gasteiger partial charge in [-0.05, 0) is 24.3 Å². The average molecular weight is 289 g/mol. The standard InChI is InChI=1S/C14H11NO6/c16-12(8-21-14(19)11-6-3-7-20-11)15-10-5-2-1-4-9(10)13(17)18/h1-7H,8H2,(H,15,16)(H,17,18). The fourth-order valence-corrected chi connectivity index (χ4v) is 1.56. The molecule has 108 valence electrons. The number of para-hydroxylation sites is 1. The van der Waals surface area contributed by atoms with Crippen LogP contribution in [0.25, 0.3) is 0 Å². The highest BCUT2D eigenvalue weighted by molar-refractivity contribution is 6.01. The zero-order valence-corrected chi connectivity index (χ0v) is 10.7. The van der Waals surface area contributed by atoms with Crippen LogP contribution >= 0.6 is 0 Å². The second-order valence-electron chi connectivity index (χ2n) is 3.95. The number of aromatic carboxylic acids is 1. The van der Waals surface area contributed by atoms with Gasteiger partial charge in [-0.15, -0.1) is 0 Å². The van der Waals surface area contributed by atoms with E-state index >= 15 is 0 Å². The van der Waals surface area contributed by atoms with Crippen molar-refractivity contribution >= 4 is 23.5 Å². The Morgan fingerprint density at radius 2 is 1.90 bits per heavy atom. The third kappa shape index (κ3) is 3.69. The molecule has 1 aromatic carbocycles. The predicted molar refractivity (Wildman–Crippen MR) is 71.0 cm³/mol. The Morgan fingerprint density at radius 3 is 2.57 bits per heavy atom. The van der Waals surface area contributed by atoms with E-state index in [1.165, 1.54) is 36.6 Å². The quantitative estimate of drug-likeness (QED) is 0.812. The lowest BCUT2D eigenvalue weighted by atomic mass is 10.2. The minimum Gasteiger partial charge on any atom is -0.478 e. The van der Waals surface area contributed by atoms with Crippen LogP contribution in [0.15, 0.2) is 47.1 Å². The van der Waals surface area contributed by atoms with Crippen LogP contribution < -0.4 is 5.32 Å². The van der Waals surface area contributed by atoms with Crippen LogP contribution in [-0.2, 0) is 9.53 Å². The van der Waals surface area contributed by atoms with Crippen LogP contribution in [-0.4, -0.2) is 29.6 Å². The van der Waals surface area contributed by atoms with Crippen molar-refractivity contribution in [1.82, 2.24) is 0 Å². The number of furan rings is 1. The summed E-state index contributed by atoms with van der Waals surface area (Å²) in [6.07, 6.45) is 1.31. The molecule has 2 aromatic rings. The second-order valence-corrected chi connectivity index (χ2v) is 3.95. The molecule has 1 aromatic heterocycles. The molecule has 7 nitrogen and oxygen atoms in total. The number of carboxylic acid groups (broad SMARTS) is 1. The van der Waals surface area contributed by atoms with Gasteiger partial charge in [0.25, 0.3) is 5.91 Å². The summed E-state index contributed by atoms with van der Waals surface area (Å²) in [6.45, 7) is -0.548. The molecule has 0 saturated carbocycles. The summed E-state index contributed by atoms with van der Waals surface area (Å²) in [4.78, 5) is 34.1. The Bertz CT molecular complexity index is 662. The van der Waals surface area contributed by atoms with Gasteiger partial charge in [0, 0.05) is 0 Å². The summed E-state index contributed by atoms with van der Waals surface area (Å²) < 4.78 is 9.54. The SMILES string of the molecule is O=C(COC(=O)c1ccco1)Nc1ccccc1C(=O)O. The fraction of sp³-hybridized carbons (Fsp3) is 0.0714. The first-order valence-electron chi connectivity index (χ1n) is 5.90. The van der Waals surface area contributed by atoms with E-state index in [4.69, 9.17) is 14.3 Å². The van der Waals surface area contributed by atoms with E-state index in [0.29, 0.717) is 0 Å². The topological polar surface area (TPSA) is 106 Å². The first-order chi connectivity index (χ1) is 10.1. The average Bonchev–Trinajstić information content (AvgIpc) is 2.99. The maximum Gasteiger partial charge on any atom is 0.374 e. The number of ether oxygens (including phenoxy) is 1. The Morgan fingerprint density at radius 1 is 1.14 bits per heavy atom. The molecule has 0 atom stereocenters. The van der Waals surface area contributed by atoms with Crippen LogP contribution in [0.2, 0.25) is 0 Å². The van der Waals surface area contributed by atoms with Crippen LogP contribution in [0.1, 0.15) is 20.9 Å². The molecule has 2 N–H and O–H groups in total. The molecule has 0 aliphatic rings. The number of esters is 1. The lowest BCUT2D eigenvalue weighted by Gasteiger charge is -2.08. The normalized spacial score (nSPS) is 9.90. The minimum absolute atomic E-state index is 0.0197. The van der Waals surface area contributed by atoms with Gasteiger partial charge in [0.2, 0.25) is 5.76 Å². The summed E-state index contributed by atoms with van der Waals surface area (Å²) in [6, 6.07) is 8.83. The molecule has 0 bridgehead atoms. The van der Waals surface area contributed by atoms with Crippen molar-refractivity contribution in [3.63, 3.8) is 0 Å². The maximum absolute atomic E-state index is 11.6. The zero-order valence-electron chi connectivity index (χ0n) is 10.7. The monoisotopic (exact) mass is 289 g/mol. The molecule has 1 amide bonds. The second kappa shape index (κ2) is 6.38. The molecule has 0 aliphatic carbocycles. The molecule has 0 spiro atoms. The van der Waals surface area contributed by atoms with Crippen molar-refractivity contribution in [3.8, 4) is 0 Å². The number of amides is 1. The van der Waals surface area contributed by atoms with Gasteiger partial charge in [-0.25, -0.2) is 9.59 Å². The molecule has 2 rings (SSSR count). The van der Waals surface area contributed by atoms with E-state index in [-0.39, 0.29) is 17.0 Å². The van der Waals surface area contributed by atoms with Crippen molar-refractivity contribution < 1.29 is 28.6 Å². The van der Waals surface area contributed by atoms with Crippen molar-refractivity contribution in [1.29, 1.82) is 0 Å². The molecule has 0 aliphatic heterocycles. The van der Waals surface area contributed by atoms with Gasteiger partial charge in [-0.1, -0.05) is 12.1 Å². The lowest BCUT2D eigenvalue weighted by Crippen LogP contribution is -2.22.